The maximum absolute atomic E-state index is 13.1. The molecular formula is C21H27N2O2S+. The van der Waals surface area contributed by atoms with E-state index in [1.807, 2.05) is 11.3 Å². The molecule has 1 amide bonds. The minimum atomic E-state index is 0.0508. The van der Waals surface area contributed by atoms with Crippen molar-refractivity contribution in [3.05, 3.63) is 57.3 Å². The predicted octanol–water partition coefficient (Wildman–Crippen LogP) is 2.27. The number of amides is 1. The number of nitrogens with two attached hydrogens (primary N) is 1. The van der Waals surface area contributed by atoms with Crippen molar-refractivity contribution in [1.29, 1.82) is 0 Å². The zero-order valence-corrected chi connectivity index (χ0v) is 16.1. The topological polar surface area (TPSA) is 46.2 Å². The van der Waals surface area contributed by atoms with Gasteiger partial charge in [0.1, 0.15) is 12.6 Å². The van der Waals surface area contributed by atoms with Gasteiger partial charge in [0.2, 0.25) is 0 Å². The van der Waals surface area contributed by atoms with Crippen LogP contribution in [0.3, 0.4) is 0 Å². The number of fused-ring (bicyclic) bond motifs is 1. The molecule has 0 saturated carbocycles. The Labute approximate surface area is 159 Å². The largest absolute Gasteiger partial charge is 0.372 e. The molecule has 2 aromatic rings. The van der Waals surface area contributed by atoms with Crippen molar-refractivity contribution in [2.24, 2.45) is 0 Å². The van der Waals surface area contributed by atoms with Crippen LogP contribution in [0, 0.1) is 6.92 Å². The maximum atomic E-state index is 13.1. The summed E-state index contributed by atoms with van der Waals surface area (Å²) >= 11 is 1.82. The first-order valence-corrected chi connectivity index (χ1v) is 10.5. The van der Waals surface area contributed by atoms with Gasteiger partial charge in [0, 0.05) is 18.0 Å². The van der Waals surface area contributed by atoms with Gasteiger partial charge in [-0.3, -0.25) is 4.79 Å². The number of aryl methyl sites for hydroxylation is 1. The van der Waals surface area contributed by atoms with Gasteiger partial charge in [-0.1, -0.05) is 24.3 Å². The van der Waals surface area contributed by atoms with Crippen LogP contribution < -0.4 is 5.32 Å². The molecule has 0 unspecified atom stereocenters. The zero-order chi connectivity index (χ0) is 17.9. The van der Waals surface area contributed by atoms with E-state index in [-0.39, 0.29) is 11.9 Å². The highest BCUT2D eigenvalue weighted by atomic mass is 32.1. The van der Waals surface area contributed by atoms with Gasteiger partial charge < -0.3 is 15.0 Å². The van der Waals surface area contributed by atoms with E-state index in [0.29, 0.717) is 12.6 Å². The number of thiophene rings is 1. The fourth-order valence-electron chi connectivity index (χ4n) is 4.15. The standard InChI is InChI=1S/C21H26N2O2S/c1-15-5-2-3-7-17(15)21-18-9-12-26-19(18)8-10-23(21)20(24)14-22-13-16-6-4-11-25-16/h2-3,5,7,9,12,16,21-22H,4,6,8,10-11,13-14H2,1H3/p+1/t16-,21-/m1/s1. The molecule has 3 heterocycles. The third-order valence-electron chi connectivity index (χ3n) is 5.54. The Morgan fingerprint density at radius 1 is 1.31 bits per heavy atom. The molecule has 1 fully saturated rings. The van der Waals surface area contributed by atoms with Gasteiger partial charge in [0.15, 0.2) is 6.54 Å². The summed E-state index contributed by atoms with van der Waals surface area (Å²) in [6, 6.07) is 10.7. The molecule has 26 heavy (non-hydrogen) atoms. The molecule has 138 valence electrons. The molecule has 1 saturated heterocycles. The lowest BCUT2D eigenvalue weighted by atomic mass is 9.90. The van der Waals surface area contributed by atoms with Crippen LogP contribution in [0.1, 0.15) is 40.5 Å². The van der Waals surface area contributed by atoms with Gasteiger partial charge >= 0.3 is 0 Å². The molecule has 0 spiro atoms. The minimum Gasteiger partial charge on any atom is -0.372 e. The molecule has 1 aromatic carbocycles. The second-order valence-corrected chi connectivity index (χ2v) is 8.26. The van der Waals surface area contributed by atoms with Crippen molar-refractivity contribution >= 4 is 17.2 Å². The average Bonchev–Trinajstić information content (AvgIpc) is 3.33. The molecule has 2 aliphatic rings. The van der Waals surface area contributed by atoms with E-state index in [0.717, 1.165) is 39.0 Å². The first-order valence-electron chi connectivity index (χ1n) is 9.58. The second-order valence-electron chi connectivity index (χ2n) is 7.26. The van der Waals surface area contributed by atoms with Gasteiger partial charge in [-0.05, 0) is 54.3 Å². The summed E-state index contributed by atoms with van der Waals surface area (Å²) < 4.78 is 5.67. The third kappa shape index (κ3) is 3.56. The first-order chi connectivity index (χ1) is 12.7. The zero-order valence-electron chi connectivity index (χ0n) is 15.3. The number of hydrogen-bond acceptors (Lipinski definition) is 3. The third-order valence-corrected chi connectivity index (χ3v) is 6.54. The summed E-state index contributed by atoms with van der Waals surface area (Å²) in [5, 5.41) is 4.28. The molecule has 2 aliphatic heterocycles. The molecule has 4 nitrogen and oxygen atoms in total. The Morgan fingerprint density at radius 2 is 2.19 bits per heavy atom. The number of rotatable bonds is 5. The summed E-state index contributed by atoms with van der Waals surface area (Å²) in [4.78, 5) is 16.6. The lowest BCUT2D eigenvalue weighted by Gasteiger charge is -2.36. The highest BCUT2D eigenvalue weighted by molar-refractivity contribution is 7.10. The van der Waals surface area contributed by atoms with Crippen molar-refractivity contribution in [3.8, 4) is 0 Å². The Balaban J connectivity index is 1.52. The second kappa shape index (κ2) is 7.91. The molecule has 5 heteroatoms. The first kappa shape index (κ1) is 17.7. The van der Waals surface area contributed by atoms with E-state index in [1.165, 1.54) is 21.6 Å². The van der Waals surface area contributed by atoms with Crippen molar-refractivity contribution in [3.63, 3.8) is 0 Å². The lowest BCUT2D eigenvalue weighted by Crippen LogP contribution is -2.88. The van der Waals surface area contributed by atoms with E-state index in [9.17, 15) is 4.79 Å². The highest BCUT2D eigenvalue weighted by Crippen LogP contribution is 2.38. The van der Waals surface area contributed by atoms with Gasteiger partial charge in [0.05, 0.1) is 6.04 Å². The van der Waals surface area contributed by atoms with Gasteiger partial charge in [-0.15, -0.1) is 11.3 Å². The number of carbonyl (C=O) groups is 1. The van der Waals surface area contributed by atoms with E-state index in [1.54, 1.807) is 0 Å². The summed E-state index contributed by atoms with van der Waals surface area (Å²) in [5.74, 6) is 0.230. The number of carbonyl (C=O) groups excluding carboxylic acids is 1. The minimum absolute atomic E-state index is 0.0508. The quantitative estimate of drug-likeness (QED) is 0.876. The van der Waals surface area contributed by atoms with E-state index in [2.05, 4.69) is 52.9 Å². The van der Waals surface area contributed by atoms with Gasteiger partial charge in [-0.2, -0.15) is 0 Å². The van der Waals surface area contributed by atoms with Crippen molar-refractivity contribution < 1.29 is 14.8 Å². The van der Waals surface area contributed by atoms with Crippen LogP contribution in [-0.2, 0) is 16.0 Å². The van der Waals surface area contributed by atoms with Crippen LogP contribution in [0.25, 0.3) is 0 Å². The SMILES string of the molecule is Cc1ccccc1[C@@H]1c2ccsc2CCN1C(=O)C[NH2+]C[C@H]1CCCO1. The Kier molecular flexibility index (Phi) is 5.38. The van der Waals surface area contributed by atoms with E-state index >= 15 is 0 Å². The molecule has 0 bridgehead atoms. The number of ether oxygens (including phenoxy) is 1. The number of benzene rings is 1. The van der Waals surface area contributed by atoms with Gasteiger partial charge in [0.25, 0.3) is 5.91 Å². The summed E-state index contributed by atoms with van der Waals surface area (Å²) in [7, 11) is 0. The molecule has 2 atom stereocenters. The predicted molar refractivity (Wildman–Crippen MR) is 103 cm³/mol. The molecule has 2 N–H and O–H groups in total. The van der Waals surface area contributed by atoms with Crippen molar-refractivity contribution in [2.75, 3.05) is 26.2 Å². The summed E-state index contributed by atoms with van der Waals surface area (Å²) in [5.41, 5.74) is 3.81. The number of nitrogens with zero attached hydrogens (tertiary/aromatic N) is 1. The summed E-state index contributed by atoms with van der Waals surface area (Å²) in [6.07, 6.45) is 3.56. The van der Waals surface area contributed by atoms with Crippen LogP contribution in [-0.4, -0.2) is 43.2 Å². The molecule has 0 radical (unpaired) electrons. The van der Waals surface area contributed by atoms with Crippen LogP contribution in [0.15, 0.2) is 35.7 Å². The smallest absolute Gasteiger partial charge is 0.278 e. The lowest BCUT2D eigenvalue weighted by molar-refractivity contribution is -0.650. The fourth-order valence-corrected chi connectivity index (χ4v) is 5.06. The maximum Gasteiger partial charge on any atom is 0.278 e. The van der Waals surface area contributed by atoms with Gasteiger partial charge in [-0.25, -0.2) is 0 Å². The van der Waals surface area contributed by atoms with Crippen molar-refractivity contribution in [1.82, 2.24) is 4.90 Å². The molecule has 1 aromatic heterocycles. The van der Waals surface area contributed by atoms with E-state index < -0.39 is 0 Å². The Hall–Kier alpha value is -1.69. The van der Waals surface area contributed by atoms with Crippen LogP contribution in [0.2, 0.25) is 0 Å². The van der Waals surface area contributed by atoms with Crippen LogP contribution in [0.4, 0.5) is 0 Å². The Morgan fingerprint density at radius 3 is 3.00 bits per heavy atom. The van der Waals surface area contributed by atoms with Crippen molar-refractivity contribution in [2.45, 2.75) is 38.3 Å². The number of quaternary nitrogens is 1. The average molecular weight is 372 g/mol. The molecule has 4 rings (SSSR count). The number of hydrogen-bond donors (Lipinski definition) is 1. The van der Waals surface area contributed by atoms with Crippen LogP contribution >= 0.6 is 11.3 Å². The summed E-state index contributed by atoms with van der Waals surface area (Å²) in [6.45, 7) is 5.20. The van der Waals surface area contributed by atoms with Crippen LogP contribution in [0.5, 0.6) is 0 Å². The fraction of sp³-hybridized carbons (Fsp3) is 0.476. The molecule has 0 aliphatic carbocycles. The monoisotopic (exact) mass is 371 g/mol. The normalized spacial score (nSPS) is 22.4. The highest BCUT2D eigenvalue weighted by Gasteiger charge is 2.34. The Bertz CT molecular complexity index is 767. The van der Waals surface area contributed by atoms with E-state index in [4.69, 9.17) is 4.74 Å². The molecular weight excluding hydrogens is 344 g/mol.